The van der Waals surface area contributed by atoms with Crippen molar-refractivity contribution in [2.24, 2.45) is 5.41 Å². The van der Waals surface area contributed by atoms with Crippen LogP contribution in [0.2, 0.25) is 0 Å². The molecule has 0 bridgehead atoms. The number of hydrogen-bond acceptors (Lipinski definition) is 5. The van der Waals surface area contributed by atoms with E-state index >= 15 is 0 Å². The molecule has 0 unspecified atom stereocenters. The highest BCUT2D eigenvalue weighted by Gasteiger charge is 2.23. The molecule has 2 aromatic carbocycles. The van der Waals surface area contributed by atoms with Gasteiger partial charge >= 0.3 is 11.3 Å². The highest BCUT2D eigenvalue weighted by molar-refractivity contribution is 8.12. The molecule has 0 aliphatic rings. The lowest BCUT2D eigenvalue weighted by Gasteiger charge is -2.16. The molecular weight excluding hydrogens is 336 g/mol. The highest BCUT2D eigenvalue weighted by Crippen LogP contribution is 2.22. The summed E-state index contributed by atoms with van der Waals surface area (Å²) in [4.78, 5) is 23.7. The molecule has 25 heavy (non-hydrogen) atoms. The second kappa shape index (κ2) is 8.21. The maximum Gasteiger partial charge on any atom is 0.373 e. The predicted octanol–water partition coefficient (Wildman–Crippen LogP) is 5.38. The van der Waals surface area contributed by atoms with Gasteiger partial charge in [0.05, 0.1) is 5.41 Å². The van der Waals surface area contributed by atoms with Crippen LogP contribution in [0, 0.1) is 12.3 Å². The van der Waals surface area contributed by atoms with E-state index < -0.39 is 5.41 Å². The van der Waals surface area contributed by atoms with Gasteiger partial charge in [-0.05, 0) is 69.3 Å². The second-order valence-electron chi connectivity index (χ2n) is 6.74. The van der Waals surface area contributed by atoms with Crippen LogP contribution < -0.4 is 9.47 Å². The van der Waals surface area contributed by atoms with E-state index in [0.717, 1.165) is 22.9 Å². The van der Waals surface area contributed by atoms with Gasteiger partial charge in [0.25, 0.3) is 0 Å². The van der Waals surface area contributed by atoms with Crippen molar-refractivity contribution in [3.05, 3.63) is 59.7 Å². The molecule has 0 saturated heterocycles. The summed E-state index contributed by atoms with van der Waals surface area (Å²) in [6.45, 7) is 7.39. The minimum atomic E-state index is -0.547. The van der Waals surface area contributed by atoms with Crippen LogP contribution in [-0.4, -0.2) is 11.3 Å². The van der Waals surface area contributed by atoms with Gasteiger partial charge in [-0.15, -0.1) is 0 Å². The van der Waals surface area contributed by atoms with E-state index in [1.54, 1.807) is 45.0 Å². The summed E-state index contributed by atoms with van der Waals surface area (Å²) in [6.07, 6.45) is 0. The predicted molar refractivity (Wildman–Crippen MR) is 100 cm³/mol. The molecule has 0 aromatic heterocycles. The van der Waals surface area contributed by atoms with Gasteiger partial charge in [-0.1, -0.05) is 29.8 Å². The molecule has 0 atom stereocenters. The molecule has 0 radical (unpaired) electrons. The number of benzene rings is 2. The fourth-order valence-electron chi connectivity index (χ4n) is 1.79. The van der Waals surface area contributed by atoms with E-state index in [4.69, 9.17) is 9.47 Å². The first kappa shape index (κ1) is 19.1. The zero-order valence-corrected chi connectivity index (χ0v) is 15.7. The standard InChI is InChI=1S/C20H22O4S/c1-14-5-9-17(10-6-14)24-19(22)25-13-15-7-11-16(12-8-15)23-18(21)20(2,3)4/h5-12H,13H2,1-4H3. The lowest BCUT2D eigenvalue weighted by molar-refractivity contribution is -0.143. The summed E-state index contributed by atoms with van der Waals surface area (Å²) in [6, 6.07) is 14.4. The van der Waals surface area contributed by atoms with Crippen molar-refractivity contribution < 1.29 is 19.1 Å². The molecule has 0 aliphatic carbocycles. The van der Waals surface area contributed by atoms with Gasteiger partial charge in [0.2, 0.25) is 0 Å². The van der Waals surface area contributed by atoms with Gasteiger partial charge in [0.1, 0.15) is 11.5 Å². The lowest BCUT2D eigenvalue weighted by Crippen LogP contribution is -2.25. The maximum atomic E-state index is 11.9. The Morgan fingerprint density at radius 2 is 1.40 bits per heavy atom. The number of carbonyl (C=O) groups is 2. The Morgan fingerprint density at radius 1 is 0.880 bits per heavy atom. The van der Waals surface area contributed by atoms with Crippen molar-refractivity contribution in [3.63, 3.8) is 0 Å². The fraction of sp³-hybridized carbons (Fsp3) is 0.300. The van der Waals surface area contributed by atoms with E-state index in [0.29, 0.717) is 17.3 Å². The summed E-state index contributed by atoms with van der Waals surface area (Å²) in [7, 11) is 0. The molecule has 5 heteroatoms. The van der Waals surface area contributed by atoms with Crippen molar-refractivity contribution in [1.82, 2.24) is 0 Å². The number of ether oxygens (including phenoxy) is 2. The summed E-state index contributed by atoms with van der Waals surface area (Å²) < 4.78 is 10.6. The Hall–Kier alpha value is -2.27. The van der Waals surface area contributed by atoms with Gasteiger partial charge in [-0.25, -0.2) is 4.79 Å². The van der Waals surface area contributed by atoms with Gasteiger partial charge in [0.15, 0.2) is 0 Å². The Bertz CT molecular complexity index is 728. The first-order valence-electron chi connectivity index (χ1n) is 7.96. The SMILES string of the molecule is Cc1ccc(OC(=O)SCc2ccc(OC(=O)C(C)(C)C)cc2)cc1. The smallest absolute Gasteiger partial charge is 0.373 e. The third-order valence-corrected chi connectivity index (χ3v) is 4.12. The zero-order chi connectivity index (χ0) is 18.4. The van der Waals surface area contributed by atoms with Gasteiger partial charge < -0.3 is 9.47 Å². The van der Waals surface area contributed by atoms with Crippen LogP contribution in [0.5, 0.6) is 11.5 Å². The Kier molecular flexibility index (Phi) is 6.26. The highest BCUT2D eigenvalue weighted by atomic mass is 32.2. The molecule has 2 rings (SSSR count). The third kappa shape index (κ3) is 6.27. The molecule has 132 valence electrons. The molecule has 4 nitrogen and oxygen atoms in total. The van der Waals surface area contributed by atoms with Crippen LogP contribution in [0.15, 0.2) is 48.5 Å². The minimum Gasteiger partial charge on any atom is -0.426 e. The molecule has 0 spiro atoms. The van der Waals surface area contributed by atoms with Crippen LogP contribution in [0.4, 0.5) is 4.79 Å². The first-order chi connectivity index (χ1) is 11.7. The van der Waals surface area contributed by atoms with Gasteiger partial charge in [-0.2, -0.15) is 0 Å². The third-order valence-electron chi connectivity index (χ3n) is 3.33. The van der Waals surface area contributed by atoms with E-state index in [1.165, 1.54) is 0 Å². The quantitative estimate of drug-likeness (QED) is 0.542. The van der Waals surface area contributed by atoms with Crippen LogP contribution >= 0.6 is 11.8 Å². The summed E-state index contributed by atoms with van der Waals surface area (Å²) in [5.74, 6) is 1.23. The summed E-state index contributed by atoms with van der Waals surface area (Å²) in [5, 5.41) is -0.355. The van der Waals surface area contributed by atoms with Crippen LogP contribution in [0.1, 0.15) is 31.9 Å². The van der Waals surface area contributed by atoms with Crippen molar-refractivity contribution >= 4 is 23.0 Å². The Morgan fingerprint density at radius 3 is 1.96 bits per heavy atom. The molecular formula is C20H22O4S. The minimum absolute atomic E-state index is 0.281. The van der Waals surface area contributed by atoms with E-state index in [1.807, 2.05) is 31.2 Å². The van der Waals surface area contributed by atoms with E-state index in [9.17, 15) is 9.59 Å². The van der Waals surface area contributed by atoms with Crippen molar-refractivity contribution in [3.8, 4) is 11.5 Å². The molecule has 0 heterocycles. The van der Waals surface area contributed by atoms with E-state index in [2.05, 4.69) is 0 Å². The Balaban J connectivity index is 1.83. The normalized spacial score (nSPS) is 11.0. The topological polar surface area (TPSA) is 52.6 Å². The van der Waals surface area contributed by atoms with Crippen molar-refractivity contribution in [2.45, 2.75) is 33.4 Å². The molecule has 0 saturated carbocycles. The van der Waals surface area contributed by atoms with E-state index in [-0.39, 0.29) is 11.3 Å². The first-order valence-corrected chi connectivity index (χ1v) is 8.95. The number of rotatable bonds is 4. The van der Waals surface area contributed by atoms with Gasteiger partial charge in [-0.3, -0.25) is 4.79 Å². The monoisotopic (exact) mass is 358 g/mol. The fourth-order valence-corrected chi connectivity index (χ4v) is 2.42. The molecule has 0 amide bonds. The molecule has 0 aliphatic heterocycles. The summed E-state index contributed by atoms with van der Waals surface area (Å²) >= 11 is 1.08. The lowest BCUT2D eigenvalue weighted by atomic mass is 9.97. The van der Waals surface area contributed by atoms with Crippen molar-refractivity contribution in [1.29, 1.82) is 0 Å². The largest absolute Gasteiger partial charge is 0.426 e. The Labute approximate surface area is 152 Å². The van der Waals surface area contributed by atoms with Crippen molar-refractivity contribution in [2.75, 3.05) is 0 Å². The zero-order valence-electron chi connectivity index (χ0n) is 14.9. The molecule has 0 N–H and O–H groups in total. The molecule has 0 fully saturated rings. The number of esters is 1. The number of aryl methyl sites for hydroxylation is 1. The molecule has 2 aromatic rings. The number of hydrogen-bond donors (Lipinski definition) is 0. The van der Waals surface area contributed by atoms with Crippen LogP contribution in [-0.2, 0) is 10.5 Å². The van der Waals surface area contributed by atoms with Crippen LogP contribution in [0.3, 0.4) is 0 Å². The summed E-state index contributed by atoms with van der Waals surface area (Å²) in [5.41, 5.74) is 1.51. The van der Waals surface area contributed by atoms with Gasteiger partial charge in [0, 0.05) is 5.75 Å². The van der Waals surface area contributed by atoms with Crippen LogP contribution in [0.25, 0.3) is 0 Å². The number of carbonyl (C=O) groups excluding carboxylic acids is 2. The average molecular weight is 358 g/mol. The second-order valence-corrected chi connectivity index (χ2v) is 7.65. The number of thioether (sulfide) groups is 1. The average Bonchev–Trinajstić information content (AvgIpc) is 2.55. The maximum absolute atomic E-state index is 11.9.